The fourth-order valence-corrected chi connectivity index (χ4v) is 5.29. The highest BCUT2D eigenvalue weighted by molar-refractivity contribution is 7.91. The van der Waals surface area contributed by atoms with E-state index in [4.69, 9.17) is 0 Å². The van der Waals surface area contributed by atoms with Crippen LogP contribution in [0.1, 0.15) is 25.6 Å². The van der Waals surface area contributed by atoms with Crippen LogP contribution in [0, 0.1) is 5.92 Å². The molecule has 1 fully saturated rings. The number of hydrogen-bond acceptors (Lipinski definition) is 5. The summed E-state index contributed by atoms with van der Waals surface area (Å²) in [5, 5.41) is 0. The van der Waals surface area contributed by atoms with Gasteiger partial charge in [-0.1, -0.05) is 20.8 Å². The molecule has 0 aromatic carbocycles. The van der Waals surface area contributed by atoms with Gasteiger partial charge in [0.15, 0.2) is 0 Å². The normalized spacial score (nSPS) is 19.3. The topological polar surface area (TPSA) is 52.7 Å². The third-order valence-electron chi connectivity index (χ3n) is 4.51. The van der Waals surface area contributed by atoms with E-state index in [9.17, 15) is 8.42 Å². The molecule has 0 amide bonds. The van der Waals surface area contributed by atoms with Crippen LogP contribution < -0.4 is 4.72 Å². The van der Waals surface area contributed by atoms with Gasteiger partial charge in [0.05, 0.1) is 0 Å². The number of aryl methyl sites for hydroxylation is 1. The highest BCUT2D eigenvalue weighted by Crippen LogP contribution is 2.22. The van der Waals surface area contributed by atoms with Crippen LogP contribution in [0.15, 0.2) is 16.3 Å². The zero-order chi connectivity index (χ0) is 17.0. The molecule has 23 heavy (non-hydrogen) atoms. The molecular weight excluding hydrogens is 330 g/mol. The minimum Gasteiger partial charge on any atom is -0.304 e. The van der Waals surface area contributed by atoms with Gasteiger partial charge in [0.1, 0.15) is 4.21 Å². The molecule has 7 heteroatoms. The summed E-state index contributed by atoms with van der Waals surface area (Å²) >= 11 is 1.37. The third-order valence-corrected chi connectivity index (χ3v) is 7.65. The van der Waals surface area contributed by atoms with Gasteiger partial charge in [0.25, 0.3) is 0 Å². The highest BCUT2D eigenvalue weighted by atomic mass is 32.2. The lowest BCUT2D eigenvalue weighted by atomic mass is 10.0. The minimum atomic E-state index is -3.40. The van der Waals surface area contributed by atoms with Crippen molar-refractivity contribution in [2.45, 2.75) is 37.4 Å². The maximum Gasteiger partial charge on any atom is 0.250 e. The van der Waals surface area contributed by atoms with E-state index in [1.165, 1.54) is 11.3 Å². The summed E-state index contributed by atoms with van der Waals surface area (Å²) in [4.78, 5) is 5.83. The second kappa shape index (κ2) is 8.07. The standard InChI is InChI=1S/C16H29N3O2S2/c1-5-14-6-7-16(22-14)23(20,21)17-12-15(13(2)3)19-10-8-18(4)9-11-19/h6-7,13,15,17H,5,8-12H2,1-4H3/t15-/m0/s1. The van der Waals surface area contributed by atoms with Crippen LogP contribution >= 0.6 is 11.3 Å². The summed E-state index contributed by atoms with van der Waals surface area (Å²) in [5.74, 6) is 0.413. The number of hydrogen-bond donors (Lipinski definition) is 1. The Morgan fingerprint density at radius 3 is 2.39 bits per heavy atom. The molecule has 0 bridgehead atoms. The first-order chi connectivity index (χ1) is 10.8. The van der Waals surface area contributed by atoms with E-state index >= 15 is 0 Å². The van der Waals surface area contributed by atoms with Crippen molar-refractivity contribution >= 4 is 21.4 Å². The Morgan fingerprint density at radius 2 is 1.87 bits per heavy atom. The fraction of sp³-hybridized carbons (Fsp3) is 0.750. The number of piperazine rings is 1. The van der Waals surface area contributed by atoms with Crippen LogP contribution in [0.4, 0.5) is 0 Å². The van der Waals surface area contributed by atoms with E-state index in [1.807, 2.05) is 13.0 Å². The van der Waals surface area contributed by atoms with Crippen molar-refractivity contribution in [1.82, 2.24) is 14.5 Å². The quantitative estimate of drug-likeness (QED) is 0.807. The van der Waals surface area contributed by atoms with Gasteiger partial charge in [-0.3, -0.25) is 4.90 Å². The van der Waals surface area contributed by atoms with Crippen molar-refractivity contribution in [2.75, 3.05) is 39.8 Å². The zero-order valence-corrected chi connectivity index (χ0v) is 16.2. The summed E-state index contributed by atoms with van der Waals surface area (Å²) < 4.78 is 28.2. The van der Waals surface area contributed by atoms with E-state index < -0.39 is 10.0 Å². The predicted molar refractivity (Wildman–Crippen MR) is 96.6 cm³/mol. The van der Waals surface area contributed by atoms with Crippen molar-refractivity contribution in [3.05, 3.63) is 17.0 Å². The first kappa shape index (κ1) is 18.9. The van der Waals surface area contributed by atoms with E-state index in [-0.39, 0.29) is 6.04 Å². The SMILES string of the molecule is CCc1ccc(S(=O)(=O)NC[C@@H](C(C)C)N2CCN(C)CC2)s1. The van der Waals surface area contributed by atoms with Crippen LogP contribution in [0.5, 0.6) is 0 Å². The summed E-state index contributed by atoms with van der Waals surface area (Å²) in [6.07, 6.45) is 0.871. The van der Waals surface area contributed by atoms with E-state index in [2.05, 4.69) is 35.4 Å². The van der Waals surface area contributed by atoms with Gasteiger partial charge in [0.2, 0.25) is 10.0 Å². The van der Waals surface area contributed by atoms with Crippen molar-refractivity contribution in [2.24, 2.45) is 5.92 Å². The molecule has 1 aromatic rings. The van der Waals surface area contributed by atoms with Gasteiger partial charge in [-0.25, -0.2) is 13.1 Å². The molecule has 132 valence electrons. The molecule has 2 heterocycles. The second-order valence-corrected chi connectivity index (χ2v) is 9.74. The Hall–Kier alpha value is -0.470. The van der Waals surface area contributed by atoms with Gasteiger partial charge in [0, 0.05) is 43.6 Å². The first-order valence-electron chi connectivity index (χ1n) is 8.34. The molecule has 1 aromatic heterocycles. The molecule has 1 aliphatic heterocycles. The maximum absolute atomic E-state index is 12.5. The lowest BCUT2D eigenvalue weighted by molar-refractivity contribution is 0.0905. The Bertz CT molecular complexity index is 590. The van der Waals surface area contributed by atoms with Gasteiger partial charge in [-0.15, -0.1) is 11.3 Å². The number of likely N-dealkylation sites (N-methyl/N-ethyl adjacent to an activating group) is 1. The van der Waals surface area contributed by atoms with Crippen molar-refractivity contribution in [3.8, 4) is 0 Å². The Morgan fingerprint density at radius 1 is 1.22 bits per heavy atom. The lowest BCUT2D eigenvalue weighted by Gasteiger charge is -2.39. The van der Waals surface area contributed by atoms with Crippen LogP contribution in [0.3, 0.4) is 0 Å². The number of rotatable bonds is 7. The smallest absolute Gasteiger partial charge is 0.250 e. The molecule has 2 rings (SSSR count). The van der Waals surface area contributed by atoms with Gasteiger partial charge in [-0.05, 0) is 31.5 Å². The van der Waals surface area contributed by atoms with E-state index in [1.54, 1.807) is 6.07 Å². The molecule has 1 N–H and O–H groups in total. The summed E-state index contributed by atoms with van der Waals surface area (Å²) in [5.41, 5.74) is 0. The highest BCUT2D eigenvalue weighted by Gasteiger charge is 2.27. The van der Waals surface area contributed by atoms with Crippen LogP contribution in [-0.2, 0) is 16.4 Å². The number of nitrogens with one attached hydrogen (secondary N) is 1. The summed E-state index contributed by atoms with van der Waals surface area (Å²) in [7, 11) is -1.26. The Kier molecular flexibility index (Phi) is 6.62. The van der Waals surface area contributed by atoms with Crippen LogP contribution in [-0.4, -0.2) is 64.0 Å². The molecule has 0 saturated carbocycles. The van der Waals surface area contributed by atoms with Gasteiger partial charge < -0.3 is 4.90 Å². The fourth-order valence-electron chi connectivity index (χ4n) is 2.90. The molecule has 1 saturated heterocycles. The molecule has 0 spiro atoms. The van der Waals surface area contributed by atoms with Crippen molar-refractivity contribution < 1.29 is 8.42 Å². The summed E-state index contributed by atoms with van der Waals surface area (Å²) in [6, 6.07) is 3.86. The maximum atomic E-state index is 12.5. The number of sulfonamides is 1. The third kappa shape index (κ3) is 5.00. The average molecular weight is 360 g/mol. The first-order valence-corrected chi connectivity index (χ1v) is 10.6. The van der Waals surface area contributed by atoms with Gasteiger partial charge >= 0.3 is 0 Å². The van der Waals surface area contributed by atoms with Gasteiger partial charge in [-0.2, -0.15) is 0 Å². The van der Waals surface area contributed by atoms with Crippen molar-refractivity contribution in [3.63, 3.8) is 0 Å². The van der Waals surface area contributed by atoms with Crippen molar-refractivity contribution in [1.29, 1.82) is 0 Å². The molecule has 0 radical (unpaired) electrons. The molecular formula is C16H29N3O2S2. The summed E-state index contributed by atoms with van der Waals surface area (Å²) in [6.45, 7) is 10.9. The monoisotopic (exact) mass is 359 g/mol. The predicted octanol–water partition coefficient (Wildman–Crippen LogP) is 1.86. The zero-order valence-electron chi connectivity index (χ0n) is 14.6. The minimum absolute atomic E-state index is 0.240. The van der Waals surface area contributed by atoms with Crippen LogP contribution in [0.2, 0.25) is 0 Å². The molecule has 1 atom stereocenters. The average Bonchev–Trinajstić information content (AvgIpc) is 2.98. The largest absolute Gasteiger partial charge is 0.304 e. The molecule has 0 unspecified atom stereocenters. The van der Waals surface area contributed by atoms with E-state index in [0.29, 0.717) is 16.7 Å². The lowest BCUT2D eigenvalue weighted by Crippen LogP contribution is -2.54. The molecule has 1 aliphatic rings. The van der Waals surface area contributed by atoms with Crippen LogP contribution in [0.25, 0.3) is 0 Å². The number of nitrogens with zero attached hydrogens (tertiary/aromatic N) is 2. The molecule has 5 nitrogen and oxygen atoms in total. The Balaban J connectivity index is 2.00. The Labute approximate surface area is 144 Å². The van der Waals surface area contributed by atoms with E-state index in [0.717, 1.165) is 37.5 Å². The second-order valence-electron chi connectivity index (χ2n) is 6.58. The molecule has 0 aliphatic carbocycles. The number of thiophene rings is 1.